The van der Waals surface area contributed by atoms with E-state index in [-0.39, 0.29) is 11.8 Å². The molecule has 2 amide bonds. The van der Waals surface area contributed by atoms with E-state index in [0.717, 1.165) is 57.7 Å². The number of nitrogens with zero attached hydrogens (tertiary/aromatic N) is 3. The summed E-state index contributed by atoms with van der Waals surface area (Å²) in [5, 5.41) is 9.89. The molecule has 2 N–H and O–H groups in total. The Morgan fingerprint density at radius 3 is 2.70 bits per heavy atom. The van der Waals surface area contributed by atoms with Gasteiger partial charge in [0, 0.05) is 37.8 Å². The van der Waals surface area contributed by atoms with Gasteiger partial charge < -0.3 is 10.2 Å². The minimum absolute atomic E-state index is 0.0643. The summed E-state index contributed by atoms with van der Waals surface area (Å²) in [5.41, 5.74) is 1.49. The molecule has 2 aliphatic heterocycles. The number of hydrogen-bond acceptors (Lipinski definition) is 4. The predicted octanol–water partition coefficient (Wildman–Crippen LogP) is 1.95. The molecule has 0 spiro atoms. The maximum absolute atomic E-state index is 12.5. The second-order valence-corrected chi connectivity index (χ2v) is 7.91. The molecule has 3 heterocycles. The molecule has 0 aliphatic carbocycles. The second-order valence-electron chi connectivity index (χ2n) is 7.91. The summed E-state index contributed by atoms with van der Waals surface area (Å²) < 4.78 is 0. The molecule has 150 valence electrons. The molecule has 2 fully saturated rings. The lowest BCUT2D eigenvalue weighted by molar-refractivity contribution is -0.121. The van der Waals surface area contributed by atoms with E-state index in [0.29, 0.717) is 23.9 Å². The molecule has 2 saturated heterocycles. The van der Waals surface area contributed by atoms with Crippen molar-refractivity contribution >= 4 is 11.8 Å². The van der Waals surface area contributed by atoms with Gasteiger partial charge >= 0.3 is 0 Å². The molecule has 7 nitrogen and oxygen atoms in total. The largest absolute Gasteiger partial charge is 0.355 e. The number of H-pyrrole nitrogens is 1. The minimum atomic E-state index is 0.0643. The summed E-state index contributed by atoms with van der Waals surface area (Å²) in [5.74, 6) is 0.767. The Morgan fingerprint density at radius 2 is 2.04 bits per heavy atom. The zero-order chi connectivity index (χ0) is 19.2. The Labute approximate surface area is 161 Å². The number of piperidine rings is 1. The number of carbonyl (C=O) groups is 2. The number of hydrogen-bond donors (Lipinski definition) is 2. The predicted molar refractivity (Wildman–Crippen MR) is 104 cm³/mol. The summed E-state index contributed by atoms with van der Waals surface area (Å²) in [4.78, 5) is 29.1. The minimum Gasteiger partial charge on any atom is -0.355 e. The van der Waals surface area contributed by atoms with Crippen LogP contribution in [0.15, 0.2) is 6.20 Å². The van der Waals surface area contributed by atoms with Crippen LogP contribution in [0, 0.1) is 12.8 Å². The molecule has 0 aromatic carbocycles. The molecule has 1 atom stereocenters. The zero-order valence-corrected chi connectivity index (χ0v) is 16.7. The van der Waals surface area contributed by atoms with E-state index >= 15 is 0 Å². The first-order valence-electron chi connectivity index (χ1n) is 10.4. The maximum Gasteiger partial charge on any atom is 0.257 e. The number of aromatic amines is 1. The summed E-state index contributed by atoms with van der Waals surface area (Å²) in [7, 11) is 0. The number of aryl methyl sites for hydroxylation is 1. The van der Waals surface area contributed by atoms with Crippen molar-refractivity contribution in [2.45, 2.75) is 58.4 Å². The summed E-state index contributed by atoms with van der Waals surface area (Å²) >= 11 is 0. The van der Waals surface area contributed by atoms with Crippen LogP contribution < -0.4 is 5.32 Å². The SMILES string of the molecule is CCN1CCC[C@H]1CNC(=O)CCC1CCN(C(=O)c2cn[nH]c2C)CC1. The van der Waals surface area contributed by atoms with Crippen LogP contribution in [-0.2, 0) is 4.79 Å². The first-order chi connectivity index (χ1) is 13.1. The Morgan fingerprint density at radius 1 is 1.26 bits per heavy atom. The van der Waals surface area contributed by atoms with Crippen LogP contribution in [0.2, 0.25) is 0 Å². The third-order valence-electron chi connectivity index (χ3n) is 6.18. The number of carbonyl (C=O) groups excluding carboxylic acids is 2. The fourth-order valence-electron chi connectivity index (χ4n) is 4.36. The van der Waals surface area contributed by atoms with Crippen LogP contribution in [0.5, 0.6) is 0 Å². The van der Waals surface area contributed by atoms with Gasteiger partial charge in [0.05, 0.1) is 11.8 Å². The van der Waals surface area contributed by atoms with Crippen molar-refractivity contribution in [2.75, 3.05) is 32.7 Å². The normalized spacial score (nSPS) is 21.6. The maximum atomic E-state index is 12.5. The quantitative estimate of drug-likeness (QED) is 0.763. The highest BCUT2D eigenvalue weighted by molar-refractivity contribution is 5.95. The van der Waals surface area contributed by atoms with Gasteiger partial charge in [-0.3, -0.25) is 19.6 Å². The van der Waals surface area contributed by atoms with Gasteiger partial charge in [0.1, 0.15) is 0 Å². The van der Waals surface area contributed by atoms with E-state index in [1.165, 1.54) is 12.8 Å². The third kappa shape index (κ3) is 5.09. The monoisotopic (exact) mass is 375 g/mol. The first-order valence-corrected chi connectivity index (χ1v) is 10.4. The van der Waals surface area contributed by atoms with Crippen LogP contribution in [0.1, 0.15) is 61.5 Å². The van der Waals surface area contributed by atoms with Crippen molar-refractivity contribution in [1.82, 2.24) is 25.3 Å². The standard InChI is InChI=1S/C20H33N5O2/c1-3-24-10-4-5-17(24)13-21-19(26)7-6-16-8-11-25(12-9-16)20(27)18-14-22-23-15(18)2/h14,16-17H,3-13H2,1-2H3,(H,21,26)(H,22,23)/t17-/m0/s1. The van der Waals surface area contributed by atoms with Crippen LogP contribution in [0.25, 0.3) is 0 Å². The van der Waals surface area contributed by atoms with Gasteiger partial charge in [0.2, 0.25) is 5.91 Å². The Kier molecular flexibility index (Phi) is 6.88. The molecule has 0 unspecified atom stereocenters. The number of aromatic nitrogens is 2. The van der Waals surface area contributed by atoms with Gasteiger partial charge in [0.25, 0.3) is 5.91 Å². The van der Waals surface area contributed by atoms with Crippen molar-refractivity contribution < 1.29 is 9.59 Å². The van der Waals surface area contributed by atoms with Gasteiger partial charge in [0.15, 0.2) is 0 Å². The van der Waals surface area contributed by atoms with E-state index in [1.807, 2.05) is 11.8 Å². The van der Waals surface area contributed by atoms with Crippen molar-refractivity contribution in [3.8, 4) is 0 Å². The van der Waals surface area contributed by atoms with Gasteiger partial charge in [-0.1, -0.05) is 6.92 Å². The van der Waals surface area contributed by atoms with Crippen molar-refractivity contribution in [3.63, 3.8) is 0 Å². The van der Waals surface area contributed by atoms with Gasteiger partial charge in [-0.25, -0.2) is 0 Å². The average molecular weight is 376 g/mol. The highest BCUT2D eigenvalue weighted by Gasteiger charge is 2.26. The smallest absolute Gasteiger partial charge is 0.257 e. The lowest BCUT2D eigenvalue weighted by Gasteiger charge is -2.32. The van der Waals surface area contributed by atoms with Gasteiger partial charge in [-0.05, 0) is 58.0 Å². The van der Waals surface area contributed by atoms with Crippen molar-refractivity contribution in [2.24, 2.45) is 5.92 Å². The molecule has 1 aromatic heterocycles. The molecular weight excluding hydrogens is 342 g/mol. The number of amides is 2. The molecular formula is C20H33N5O2. The highest BCUT2D eigenvalue weighted by Crippen LogP contribution is 2.23. The summed E-state index contributed by atoms with van der Waals surface area (Å²) in [6.45, 7) is 8.60. The number of nitrogens with one attached hydrogen (secondary N) is 2. The van der Waals surface area contributed by atoms with E-state index in [1.54, 1.807) is 6.20 Å². The van der Waals surface area contributed by atoms with Crippen LogP contribution in [0.3, 0.4) is 0 Å². The van der Waals surface area contributed by atoms with Crippen LogP contribution in [0.4, 0.5) is 0 Å². The van der Waals surface area contributed by atoms with Crippen molar-refractivity contribution in [3.05, 3.63) is 17.5 Å². The molecule has 2 aliphatic rings. The topological polar surface area (TPSA) is 81.3 Å². The molecule has 7 heteroatoms. The van der Waals surface area contributed by atoms with Crippen LogP contribution in [-0.4, -0.2) is 70.6 Å². The van der Waals surface area contributed by atoms with Crippen molar-refractivity contribution in [1.29, 1.82) is 0 Å². The van der Waals surface area contributed by atoms with E-state index in [4.69, 9.17) is 0 Å². The van der Waals surface area contributed by atoms with E-state index < -0.39 is 0 Å². The Balaban J connectivity index is 1.34. The van der Waals surface area contributed by atoms with Crippen LogP contribution >= 0.6 is 0 Å². The zero-order valence-electron chi connectivity index (χ0n) is 16.7. The molecule has 3 rings (SSSR count). The van der Waals surface area contributed by atoms with Gasteiger partial charge in [-0.15, -0.1) is 0 Å². The number of likely N-dealkylation sites (N-methyl/N-ethyl adjacent to an activating group) is 1. The van der Waals surface area contributed by atoms with E-state index in [2.05, 4.69) is 27.3 Å². The summed E-state index contributed by atoms with van der Waals surface area (Å²) in [6.07, 6.45) is 7.50. The highest BCUT2D eigenvalue weighted by atomic mass is 16.2. The Bertz CT molecular complexity index is 636. The molecule has 0 radical (unpaired) electrons. The molecule has 27 heavy (non-hydrogen) atoms. The summed E-state index contributed by atoms with van der Waals surface area (Å²) in [6, 6.07) is 0.513. The fraction of sp³-hybridized carbons (Fsp3) is 0.750. The fourth-order valence-corrected chi connectivity index (χ4v) is 4.36. The number of likely N-dealkylation sites (tertiary alicyclic amines) is 2. The lowest BCUT2D eigenvalue weighted by atomic mass is 9.91. The lowest BCUT2D eigenvalue weighted by Crippen LogP contribution is -2.40. The molecule has 1 aromatic rings. The number of rotatable bonds is 7. The average Bonchev–Trinajstić information content (AvgIpc) is 3.32. The Hall–Kier alpha value is -1.89. The first kappa shape index (κ1) is 19.9. The molecule has 0 saturated carbocycles. The third-order valence-corrected chi connectivity index (χ3v) is 6.18. The molecule has 0 bridgehead atoms. The van der Waals surface area contributed by atoms with E-state index in [9.17, 15) is 9.59 Å². The second kappa shape index (κ2) is 9.35. The van der Waals surface area contributed by atoms with Gasteiger partial charge in [-0.2, -0.15) is 5.10 Å².